The summed E-state index contributed by atoms with van der Waals surface area (Å²) in [6.07, 6.45) is 2.25. The minimum Gasteiger partial charge on any atom is -0.325 e. The molecular weight excluding hydrogens is 294 g/mol. The van der Waals surface area contributed by atoms with Crippen LogP contribution in [0.15, 0.2) is 24.3 Å². The van der Waals surface area contributed by atoms with E-state index in [4.69, 9.17) is 0 Å². The standard InChI is InChI=1S/C16H17N5O2/c1-20-14(10-6-7-10)18-19-16(20)17-13(22)9-21-8-11-4-2-3-5-12(11)15(21)23/h2-5,10H,6-9H2,1H3,(H,17,19,22). The second-order valence-corrected chi connectivity index (χ2v) is 6.08. The van der Waals surface area contributed by atoms with E-state index in [-0.39, 0.29) is 18.4 Å². The predicted molar refractivity (Wildman–Crippen MR) is 82.8 cm³/mol. The Morgan fingerprint density at radius 1 is 1.30 bits per heavy atom. The molecule has 7 heteroatoms. The second kappa shape index (κ2) is 5.19. The average Bonchev–Trinajstić information content (AvgIpc) is 3.25. The average molecular weight is 311 g/mol. The smallest absolute Gasteiger partial charge is 0.254 e. The molecule has 2 aromatic rings. The number of anilines is 1. The normalized spacial score (nSPS) is 16.6. The summed E-state index contributed by atoms with van der Waals surface area (Å²) in [5.74, 6) is 1.44. The van der Waals surface area contributed by atoms with Crippen LogP contribution in [0, 0.1) is 0 Å². The minimum atomic E-state index is -0.260. The molecule has 2 amide bonds. The van der Waals surface area contributed by atoms with Gasteiger partial charge in [0, 0.05) is 25.1 Å². The first kappa shape index (κ1) is 13.9. The molecule has 2 heterocycles. The maximum absolute atomic E-state index is 12.3. The van der Waals surface area contributed by atoms with Gasteiger partial charge in [-0.1, -0.05) is 18.2 Å². The van der Waals surface area contributed by atoms with Gasteiger partial charge in [-0.2, -0.15) is 0 Å². The van der Waals surface area contributed by atoms with Crippen LogP contribution in [0.25, 0.3) is 0 Å². The summed E-state index contributed by atoms with van der Waals surface area (Å²) in [5.41, 5.74) is 1.63. The van der Waals surface area contributed by atoms with Crippen LogP contribution in [0.3, 0.4) is 0 Å². The Morgan fingerprint density at radius 3 is 2.83 bits per heavy atom. The number of nitrogens with one attached hydrogen (secondary N) is 1. The van der Waals surface area contributed by atoms with E-state index >= 15 is 0 Å². The molecule has 0 spiro atoms. The van der Waals surface area contributed by atoms with Gasteiger partial charge in [0.1, 0.15) is 12.4 Å². The molecule has 0 radical (unpaired) electrons. The van der Waals surface area contributed by atoms with Gasteiger partial charge < -0.3 is 9.47 Å². The largest absolute Gasteiger partial charge is 0.325 e. The molecule has 7 nitrogen and oxygen atoms in total. The summed E-state index contributed by atoms with van der Waals surface area (Å²) in [6.45, 7) is 0.480. The summed E-state index contributed by atoms with van der Waals surface area (Å²) in [5, 5.41) is 10.9. The van der Waals surface area contributed by atoms with E-state index < -0.39 is 0 Å². The van der Waals surface area contributed by atoms with Crippen molar-refractivity contribution in [3.63, 3.8) is 0 Å². The van der Waals surface area contributed by atoms with Crippen LogP contribution in [0.4, 0.5) is 5.95 Å². The molecule has 1 saturated carbocycles. The van der Waals surface area contributed by atoms with E-state index in [0.717, 1.165) is 24.2 Å². The molecule has 0 unspecified atom stereocenters. The highest BCUT2D eigenvalue weighted by Gasteiger charge is 2.31. The number of aromatic nitrogens is 3. The van der Waals surface area contributed by atoms with Crippen LogP contribution in [0.2, 0.25) is 0 Å². The van der Waals surface area contributed by atoms with Gasteiger partial charge in [0.2, 0.25) is 11.9 Å². The Morgan fingerprint density at radius 2 is 2.09 bits per heavy atom. The van der Waals surface area contributed by atoms with E-state index in [9.17, 15) is 9.59 Å². The van der Waals surface area contributed by atoms with Crippen molar-refractivity contribution >= 4 is 17.8 Å². The minimum absolute atomic E-state index is 0.0130. The van der Waals surface area contributed by atoms with Gasteiger partial charge >= 0.3 is 0 Å². The van der Waals surface area contributed by atoms with Crippen molar-refractivity contribution in [1.29, 1.82) is 0 Å². The first-order valence-electron chi connectivity index (χ1n) is 7.70. The number of benzene rings is 1. The number of fused-ring (bicyclic) bond motifs is 1. The molecule has 118 valence electrons. The number of nitrogens with zero attached hydrogens (tertiary/aromatic N) is 4. The van der Waals surface area contributed by atoms with E-state index in [1.807, 2.05) is 29.8 Å². The molecule has 23 heavy (non-hydrogen) atoms. The third-order valence-electron chi connectivity index (χ3n) is 4.33. The maximum Gasteiger partial charge on any atom is 0.254 e. The quantitative estimate of drug-likeness (QED) is 0.922. The Kier molecular flexibility index (Phi) is 3.14. The number of hydrogen-bond donors (Lipinski definition) is 1. The van der Waals surface area contributed by atoms with Crippen LogP contribution in [0.5, 0.6) is 0 Å². The number of carbonyl (C=O) groups excluding carboxylic acids is 2. The van der Waals surface area contributed by atoms with Crippen molar-refractivity contribution in [2.75, 3.05) is 11.9 Å². The summed E-state index contributed by atoms with van der Waals surface area (Å²) in [7, 11) is 1.85. The first-order chi connectivity index (χ1) is 11.1. The fraction of sp³-hybridized carbons (Fsp3) is 0.375. The SMILES string of the molecule is Cn1c(NC(=O)CN2Cc3ccccc3C2=O)nnc1C1CC1. The van der Waals surface area contributed by atoms with Crippen molar-refractivity contribution in [3.05, 3.63) is 41.2 Å². The lowest BCUT2D eigenvalue weighted by Gasteiger charge is -2.14. The van der Waals surface area contributed by atoms with Gasteiger partial charge in [0.05, 0.1) is 0 Å². The van der Waals surface area contributed by atoms with Crippen molar-refractivity contribution in [1.82, 2.24) is 19.7 Å². The topological polar surface area (TPSA) is 80.1 Å². The van der Waals surface area contributed by atoms with Gasteiger partial charge in [-0.15, -0.1) is 10.2 Å². The second-order valence-electron chi connectivity index (χ2n) is 6.08. The van der Waals surface area contributed by atoms with E-state index in [2.05, 4.69) is 15.5 Å². The summed E-state index contributed by atoms with van der Waals surface area (Å²) in [4.78, 5) is 26.0. The molecule has 0 atom stereocenters. The molecule has 1 aliphatic carbocycles. The molecule has 1 N–H and O–H groups in total. The van der Waals surface area contributed by atoms with Gasteiger partial charge in [-0.05, 0) is 24.5 Å². The lowest BCUT2D eigenvalue weighted by molar-refractivity contribution is -0.117. The Bertz CT molecular complexity index is 794. The molecule has 1 aromatic heterocycles. The highest BCUT2D eigenvalue weighted by molar-refractivity contribution is 6.01. The van der Waals surface area contributed by atoms with E-state index in [1.165, 1.54) is 4.90 Å². The van der Waals surface area contributed by atoms with Crippen molar-refractivity contribution in [2.45, 2.75) is 25.3 Å². The number of rotatable bonds is 4. The number of hydrogen-bond acceptors (Lipinski definition) is 4. The molecular formula is C16H17N5O2. The summed E-state index contributed by atoms with van der Waals surface area (Å²) < 4.78 is 1.82. The Hall–Kier alpha value is -2.70. The van der Waals surface area contributed by atoms with E-state index in [0.29, 0.717) is 24.0 Å². The van der Waals surface area contributed by atoms with Crippen LogP contribution in [-0.4, -0.2) is 38.0 Å². The van der Waals surface area contributed by atoms with Crippen molar-refractivity contribution in [2.24, 2.45) is 7.05 Å². The number of carbonyl (C=O) groups is 2. The zero-order valence-electron chi connectivity index (χ0n) is 12.8. The third-order valence-corrected chi connectivity index (χ3v) is 4.33. The third kappa shape index (κ3) is 2.48. The lowest BCUT2D eigenvalue weighted by Crippen LogP contribution is -2.34. The molecule has 0 bridgehead atoms. The van der Waals surface area contributed by atoms with Crippen LogP contribution >= 0.6 is 0 Å². The summed E-state index contributed by atoms with van der Waals surface area (Å²) >= 11 is 0. The van der Waals surface area contributed by atoms with Crippen LogP contribution in [0.1, 0.15) is 40.5 Å². The Labute approximate surface area is 133 Å². The summed E-state index contributed by atoms with van der Waals surface area (Å²) in [6, 6.07) is 7.43. The molecule has 4 rings (SSSR count). The monoisotopic (exact) mass is 311 g/mol. The van der Waals surface area contributed by atoms with Crippen LogP contribution in [-0.2, 0) is 18.4 Å². The van der Waals surface area contributed by atoms with E-state index in [1.54, 1.807) is 6.07 Å². The molecule has 0 saturated heterocycles. The van der Waals surface area contributed by atoms with Gasteiger partial charge in [0.25, 0.3) is 5.91 Å². The highest BCUT2D eigenvalue weighted by atomic mass is 16.2. The molecule has 1 aliphatic heterocycles. The molecule has 2 aliphatic rings. The predicted octanol–water partition coefficient (Wildman–Crippen LogP) is 1.29. The number of amides is 2. The zero-order valence-corrected chi connectivity index (χ0v) is 12.8. The lowest BCUT2D eigenvalue weighted by atomic mass is 10.1. The molecule has 1 aromatic carbocycles. The molecule has 1 fully saturated rings. The van der Waals surface area contributed by atoms with Gasteiger partial charge in [-0.25, -0.2) is 0 Å². The fourth-order valence-corrected chi connectivity index (χ4v) is 2.93. The Balaban J connectivity index is 1.42. The maximum atomic E-state index is 12.3. The van der Waals surface area contributed by atoms with Gasteiger partial charge in [-0.3, -0.25) is 14.9 Å². The van der Waals surface area contributed by atoms with Crippen LogP contribution < -0.4 is 5.32 Å². The first-order valence-corrected chi connectivity index (χ1v) is 7.70. The zero-order chi connectivity index (χ0) is 16.0. The van der Waals surface area contributed by atoms with Crippen molar-refractivity contribution in [3.8, 4) is 0 Å². The highest BCUT2D eigenvalue weighted by Crippen LogP contribution is 2.39. The van der Waals surface area contributed by atoms with Crippen molar-refractivity contribution < 1.29 is 9.59 Å². The van der Waals surface area contributed by atoms with Gasteiger partial charge in [0.15, 0.2) is 0 Å². The fourth-order valence-electron chi connectivity index (χ4n) is 2.93.